The maximum Gasteiger partial charge on any atom is 0.124 e. The highest BCUT2D eigenvalue weighted by Crippen LogP contribution is 2.34. The molecule has 1 aromatic carbocycles. The highest BCUT2D eigenvalue weighted by atomic mass is 19.1. The van der Waals surface area contributed by atoms with Crippen molar-refractivity contribution in [1.82, 2.24) is 40.3 Å². The van der Waals surface area contributed by atoms with E-state index in [2.05, 4.69) is 79.7 Å². The van der Waals surface area contributed by atoms with Crippen LogP contribution in [0.1, 0.15) is 31.4 Å². The molecule has 0 aliphatic heterocycles. The van der Waals surface area contributed by atoms with Gasteiger partial charge in [-0.2, -0.15) is 5.10 Å². The minimum atomic E-state index is -0.285. The Morgan fingerprint density at radius 3 is 2.41 bits per heavy atom. The summed E-state index contributed by atoms with van der Waals surface area (Å²) >= 11 is 0. The number of aryl methyl sites for hydroxylation is 1. The van der Waals surface area contributed by atoms with Crippen LogP contribution in [0.15, 0.2) is 80.4 Å². The molecule has 6 rings (SSSR count). The molecule has 0 unspecified atom stereocenters. The topological polar surface area (TPSA) is 98.4 Å². The summed E-state index contributed by atoms with van der Waals surface area (Å²) in [7, 11) is 6.02. The van der Waals surface area contributed by atoms with Gasteiger partial charge >= 0.3 is 0 Å². The van der Waals surface area contributed by atoms with Gasteiger partial charge in [-0.15, -0.1) is 13.2 Å². The Bertz CT molecular complexity index is 1820. The minimum Gasteiger partial charge on any atom is -0.353 e. The first-order valence-corrected chi connectivity index (χ1v) is 14.8. The van der Waals surface area contributed by atoms with Gasteiger partial charge in [-0.1, -0.05) is 13.8 Å². The zero-order chi connectivity index (χ0) is 31.6. The van der Waals surface area contributed by atoms with E-state index in [1.165, 1.54) is 11.6 Å². The fourth-order valence-corrected chi connectivity index (χ4v) is 5.15. The molecule has 228 valence electrons. The Labute approximate surface area is 258 Å². The molecule has 0 spiro atoms. The van der Waals surface area contributed by atoms with Crippen molar-refractivity contribution in [2.24, 2.45) is 0 Å². The molecule has 0 saturated carbocycles. The number of halogens is 1. The summed E-state index contributed by atoms with van der Waals surface area (Å²) in [5, 5.41) is 12.7. The number of aromatic nitrogens is 6. The second kappa shape index (κ2) is 15.1. The molecule has 0 aliphatic carbocycles. The largest absolute Gasteiger partial charge is 0.353 e. The van der Waals surface area contributed by atoms with E-state index in [-0.39, 0.29) is 5.82 Å². The summed E-state index contributed by atoms with van der Waals surface area (Å²) < 4.78 is 14.4. The molecule has 0 amide bonds. The van der Waals surface area contributed by atoms with Gasteiger partial charge in [0.15, 0.2) is 0 Å². The Kier molecular flexibility index (Phi) is 11.1. The van der Waals surface area contributed by atoms with Crippen LogP contribution in [0.2, 0.25) is 0 Å². The molecule has 0 saturated heterocycles. The van der Waals surface area contributed by atoms with Gasteiger partial charge in [-0.05, 0) is 94.1 Å². The van der Waals surface area contributed by atoms with Crippen LogP contribution >= 0.6 is 0 Å². The fourth-order valence-electron chi connectivity index (χ4n) is 5.15. The van der Waals surface area contributed by atoms with Crippen molar-refractivity contribution in [2.75, 3.05) is 27.7 Å². The number of H-pyrrole nitrogens is 2. The molecule has 5 heterocycles. The van der Waals surface area contributed by atoms with Gasteiger partial charge in [-0.25, -0.2) is 4.39 Å². The molecule has 8 nitrogen and oxygen atoms in total. The maximum absolute atomic E-state index is 14.4. The number of hydrogen-bond acceptors (Lipinski definition) is 6. The number of fused-ring (bicyclic) bond motifs is 2. The summed E-state index contributed by atoms with van der Waals surface area (Å²) in [6, 6.07) is 13.2. The van der Waals surface area contributed by atoms with E-state index in [1.54, 1.807) is 12.3 Å². The first-order valence-electron chi connectivity index (χ1n) is 14.8. The van der Waals surface area contributed by atoms with Crippen LogP contribution in [0.3, 0.4) is 0 Å². The normalized spacial score (nSPS) is 10.9. The monoisotopic (exact) mass is 592 g/mol. The molecular formula is C35H41FN8. The van der Waals surface area contributed by atoms with Crippen molar-refractivity contribution >= 4 is 21.8 Å². The lowest BCUT2D eigenvalue weighted by Gasteiger charge is -2.09. The van der Waals surface area contributed by atoms with Gasteiger partial charge in [0, 0.05) is 52.6 Å². The smallest absolute Gasteiger partial charge is 0.124 e. The summed E-state index contributed by atoms with van der Waals surface area (Å²) in [6.45, 7) is 11.6. The van der Waals surface area contributed by atoms with E-state index in [9.17, 15) is 4.39 Å². The van der Waals surface area contributed by atoms with Crippen molar-refractivity contribution in [3.8, 4) is 33.9 Å². The number of benzene rings is 1. The van der Waals surface area contributed by atoms with E-state index in [1.807, 2.05) is 57.7 Å². The lowest BCUT2D eigenvalue weighted by atomic mass is 10.0. The van der Waals surface area contributed by atoms with Gasteiger partial charge in [-0.3, -0.25) is 20.1 Å². The van der Waals surface area contributed by atoms with Crippen molar-refractivity contribution in [3.05, 3.63) is 97.4 Å². The third-order valence-electron chi connectivity index (χ3n) is 7.02. The Hall–Kier alpha value is -4.73. The second-order valence-electron chi connectivity index (χ2n) is 10.4. The highest BCUT2D eigenvalue weighted by Gasteiger charge is 2.16. The first-order chi connectivity index (χ1) is 21.5. The standard InChI is InChI=1S/C31H31FN8.C2H6.C2H4/c1-33-15-20-10-21(12-23(32)11-20)30-24-14-28(37-26(24)6-7-35-30)31-25-13-27(36-18-29(25)38-39-31)22-9-19(16-34-17-22)5-4-8-40(2)3;2*1-2/h6-7,9-14,16-18,33,37H,4-5,8,15H2,1-3H3,(H,38,39);1-2H3;1-2H2. The summed E-state index contributed by atoms with van der Waals surface area (Å²) in [5.74, 6) is -0.285. The lowest BCUT2D eigenvalue weighted by Crippen LogP contribution is -2.13. The zero-order valence-corrected chi connectivity index (χ0v) is 26.2. The summed E-state index contributed by atoms with van der Waals surface area (Å²) in [5.41, 5.74) is 8.69. The average Bonchev–Trinajstić information content (AvgIpc) is 3.67. The molecule has 5 aromatic heterocycles. The van der Waals surface area contributed by atoms with Gasteiger partial charge < -0.3 is 15.2 Å². The molecule has 6 aromatic rings. The second-order valence-corrected chi connectivity index (χ2v) is 10.4. The average molecular weight is 593 g/mol. The van der Waals surface area contributed by atoms with Crippen LogP contribution < -0.4 is 5.32 Å². The van der Waals surface area contributed by atoms with E-state index >= 15 is 0 Å². The molecule has 3 N–H and O–H groups in total. The molecule has 0 bridgehead atoms. The van der Waals surface area contributed by atoms with Crippen molar-refractivity contribution < 1.29 is 4.39 Å². The van der Waals surface area contributed by atoms with E-state index in [0.717, 1.165) is 80.7 Å². The van der Waals surface area contributed by atoms with Gasteiger partial charge in [0.1, 0.15) is 11.5 Å². The van der Waals surface area contributed by atoms with Crippen LogP contribution in [0.4, 0.5) is 4.39 Å². The third-order valence-corrected chi connectivity index (χ3v) is 7.02. The maximum atomic E-state index is 14.4. The van der Waals surface area contributed by atoms with E-state index < -0.39 is 0 Å². The Morgan fingerprint density at radius 1 is 0.864 bits per heavy atom. The van der Waals surface area contributed by atoms with Crippen LogP contribution in [0.5, 0.6) is 0 Å². The number of rotatable bonds is 9. The lowest BCUT2D eigenvalue weighted by molar-refractivity contribution is 0.400. The summed E-state index contributed by atoms with van der Waals surface area (Å²) in [4.78, 5) is 19.5. The van der Waals surface area contributed by atoms with Crippen molar-refractivity contribution in [3.63, 3.8) is 0 Å². The van der Waals surface area contributed by atoms with Crippen molar-refractivity contribution in [2.45, 2.75) is 33.2 Å². The van der Waals surface area contributed by atoms with Crippen molar-refractivity contribution in [1.29, 1.82) is 0 Å². The first kappa shape index (κ1) is 32.2. The number of aromatic amines is 2. The quantitative estimate of drug-likeness (QED) is 0.151. The Morgan fingerprint density at radius 2 is 1.64 bits per heavy atom. The number of nitrogens with one attached hydrogen (secondary N) is 3. The highest BCUT2D eigenvalue weighted by molar-refractivity contribution is 6.00. The predicted molar refractivity (Wildman–Crippen MR) is 180 cm³/mol. The van der Waals surface area contributed by atoms with Gasteiger partial charge in [0.2, 0.25) is 0 Å². The van der Waals surface area contributed by atoms with Gasteiger partial charge in [0.05, 0.1) is 28.8 Å². The van der Waals surface area contributed by atoms with Crippen LogP contribution in [0.25, 0.3) is 55.7 Å². The fraction of sp³-hybridized carbons (Fsp3) is 0.257. The molecule has 0 aliphatic rings. The SMILES string of the molecule is C=C.CC.CNCc1cc(F)cc(-c2nccc3[nH]c(-c4n[nH]c5cnc(-c6cncc(CCCN(C)C)c6)cc45)cc23)c1. The molecule has 0 fully saturated rings. The molecule has 0 atom stereocenters. The number of pyridine rings is 3. The molecule has 0 radical (unpaired) electrons. The molecule has 44 heavy (non-hydrogen) atoms. The predicted octanol–water partition coefficient (Wildman–Crippen LogP) is 7.41. The number of nitrogens with zero attached hydrogens (tertiary/aromatic N) is 5. The van der Waals surface area contributed by atoms with E-state index in [0.29, 0.717) is 6.54 Å². The van der Waals surface area contributed by atoms with Crippen LogP contribution in [-0.4, -0.2) is 62.7 Å². The Balaban J connectivity index is 0.00000106. The third kappa shape index (κ3) is 7.24. The van der Waals surface area contributed by atoms with Crippen LogP contribution in [0, 0.1) is 5.82 Å². The summed E-state index contributed by atoms with van der Waals surface area (Å²) in [6.07, 6.45) is 9.36. The minimum absolute atomic E-state index is 0.285. The molecular weight excluding hydrogens is 551 g/mol. The van der Waals surface area contributed by atoms with Gasteiger partial charge in [0.25, 0.3) is 0 Å². The number of hydrogen-bond donors (Lipinski definition) is 3. The molecule has 9 heteroatoms. The van der Waals surface area contributed by atoms with E-state index in [4.69, 9.17) is 0 Å². The van der Waals surface area contributed by atoms with Crippen LogP contribution in [-0.2, 0) is 13.0 Å². The zero-order valence-electron chi connectivity index (χ0n) is 26.2.